The summed E-state index contributed by atoms with van der Waals surface area (Å²) in [5, 5.41) is 0. The fourth-order valence-electron chi connectivity index (χ4n) is 2.88. The largest absolute Gasteiger partial charge is 0.490 e. The molecule has 144 valence electrons. The summed E-state index contributed by atoms with van der Waals surface area (Å²) in [4.78, 5) is 2.98. The molecule has 1 fully saturated rings. The molecule has 0 atom stereocenters. The topological polar surface area (TPSA) is 30.9 Å². The third kappa shape index (κ3) is 5.21. The van der Waals surface area contributed by atoms with Gasteiger partial charge in [0.05, 0.1) is 24.3 Å². The van der Waals surface area contributed by atoms with Crippen molar-refractivity contribution in [3.8, 4) is 11.5 Å². The van der Waals surface area contributed by atoms with Crippen molar-refractivity contribution in [1.82, 2.24) is 4.90 Å². The van der Waals surface area contributed by atoms with Gasteiger partial charge in [-0.15, -0.1) is 0 Å². The average Bonchev–Trinajstić information content (AvgIpc) is 2.69. The van der Waals surface area contributed by atoms with Crippen molar-refractivity contribution >= 4 is 33.1 Å². The molecule has 0 amide bonds. The minimum atomic E-state index is 0.478. The van der Waals surface area contributed by atoms with Gasteiger partial charge < -0.3 is 19.1 Å². The van der Waals surface area contributed by atoms with Crippen molar-refractivity contribution in [3.63, 3.8) is 0 Å². The Kier molecular flexibility index (Phi) is 7.10. The Bertz CT molecular complexity index is 789. The van der Waals surface area contributed by atoms with E-state index < -0.39 is 0 Å². The van der Waals surface area contributed by atoms with Crippen LogP contribution in [0.25, 0.3) is 0 Å². The number of thiocarbonyl (C=S) groups is 1. The highest BCUT2D eigenvalue weighted by atomic mass is 79.9. The molecule has 0 N–H and O–H groups in total. The van der Waals surface area contributed by atoms with Crippen LogP contribution < -0.4 is 9.47 Å². The van der Waals surface area contributed by atoms with Gasteiger partial charge in [0.1, 0.15) is 11.6 Å². The molecule has 1 saturated heterocycles. The second kappa shape index (κ2) is 9.53. The first-order chi connectivity index (χ1) is 13.1. The number of hydrogen-bond donors (Lipinski definition) is 0. The Labute approximate surface area is 174 Å². The Morgan fingerprint density at radius 2 is 1.85 bits per heavy atom. The molecule has 0 saturated carbocycles. The molecule has 0 radical (unpaired) electrons. The van der Waals surface area contributed by atoms with Crippen LogP contribution in [0.2, 0.25) is 0 Å². The Morgan fingerprint density at radius 1 is 1.15 bits per heavy atom. The van der Waals surface area contributed by atoms with Crippen molar-refractivity contribution in [2.45, 2.75) is 20.5 Å². The third-order valence-electron chi connectivity index (χ3n) is 4.36. The second-order valence-electron chi connectivity index (χ2n) is 6.40. The molecule has 0 aromatic heterocycles. The summed E-state index contributed by atoms with van der Waals surface area (Å²) >= 11 is 9.33. The number of rotatable bonds is 6. The summed E-state index contributed by atoms with van der Waals surface area (Å²) in [6, 6.07) is 12.3. The lowest BCUT2D eigenvalue weighted by Crippen LogP contribution is -2.40. The van der Waals surface area contributed by atoms with Crippen molar-refractivity contribution in [2.75, 3.05) is 32.9 Å². The first-order valence-corrected chi connectivity index (χ1v) is 10.3. The molecule has 6 heteroatoms. The summed E-state index contributed by atoms with van der Waals surface area (Å²) in [6.45, 7) is 8.11. The van der Waals surface area contributed by atoms with Gasteiger partial charge in [-0.3, -0.25) is 0 Å². The van der Waals surface area contributed by atoms with Gasteiger partial charge in [0, 0.05) is 18.7 Å². The van der Waals surface area contributed by atoms with Crippen LogP contribution in [-0.4, -0.2) is 42.8 Å². The lowest BCUT2D eigenvalue weighted by molar-refractivity contribution is 0.0693. The van der Waals surface area contributed by atoms with E-state index >= 15 is 0 Å². The zero-order valence-electron chi connectivity index (χ0n) is 15.7. The number of hydrogen-bond acceptors (Lipinski definition) is 4. The standard InChI is InChI=1S/C21H24BrNO3S/c1-3-25-19-13-17(21(27)23-8-10-24-11-9-23)12-18(22)20(19)26-14-16-6-4-15(2)5-7-16/h4-7,12-13H,3,8-11,14H2,1-2H3. The van der Waals surface area contributed by atoms with E-state index in [0.29, 0.717) is 37.9 Å². The molecule has 2 aromatic carbocycles. The van der Waals surface area contributed by atoms with Crippen LogP contribution in [0.1, 0.15) is 23.6 Å². The molecule has 1 aliphatic heterocycles. The smallest absolute Gasteiger partial charge is 0.175 e. The number of benzene rings is 2. The van der Waals surface area contributed by atoms with E-state index in [1.165, 1.54) is 5.56 Å². The summed E-state index contributed by atoms with van der Waals surface area (Å²) in [6.07, 6.45) is 0. The van der Waals surface area contributed by atoms with Gasteiger partial charge in [-0.1, -0.05) is 42.0 Å². The summed E-state index contributed by atoms with van der Waals surface area (Å²) < 4.78 is 18.2. The van der Waals surface area contributed by atoms with Crippen molar-refractivity contribution in [3.05, 3.63) is 57.6 Å². The van der Waals surface area contributed by atoms with Crippen LogP contribution in [0, 0.1) is 6.92 Å². The third-order valence-corrected chi connectivity index (χ3v) is 5.44. The van der Waals surface area contributed by atoms with E-state index in [1.54, 1.807) is 0 Å². The molecule has 0 aliphatic carbocycles. The van der Waals surface area contributed by atoms with E-state index in [2.05, 4.69) is 52.0 Å². The number of aryl methyl sites for hydroxylation is 1. The molecular weight excluding hydrogens is 426 g/mol. The average molecular weight is 450 g/mol. The van der Waals surface area contributed by atoms with Gasteiger partial charge in [0.2, 0.25) is 0 Å². The molecule has 1 heterocycles. The molecule has 0 spiro atoms. The molecule has 2 aromatic rings. The number of ether oxygens (including phenoxy) is 3. The highest BCUT2D eigenvalue weighted by Crippen LogP contribution is 2.38. The normalized spacial score (nSPS) is 14.1. The Hall–Kier alpha value is -1.63. The number of morpholine rings is 1. The first kappa shape index (κ1) is 20.1. The van der Waals surface area contributed by atoms with E-state index in [-0.39, 0.29) is 0 Å². The van der Waals surface area contributed by atoms with Gasteiger partial charge in [-0.25, -0.2) is 0 Å². The summed E-state index contributed by atoms with van der Waals surface area (Å²) in [7, 11) is 0. The minimum absolute atomic E-state index is 0.478. The fourth-order valence-corrected chi connectivity index (χ4v) is 3.74. The zero-order valence-corrected chi connectivity index (χ0v) is 18.1. The number of nitrogens with zero attached hydrogens (tertiary/aromatic N) is 1. The van der Waals surface area contributed by atoms with Crippen LogP contribution in [0.3, 0.4) is 0 Å². The predicted octanol–water partition coefficient (Wildman–Crippen LogP) is 4.74. The fraction of sp³-hybridized carbons (Fsp3) is 0.381. The van der Waals surface area contributed by atoms with Crippen molar-refractivity contribution < 1.29 is 14.2 Å². The maximum Gasteiger partial charge on any atom is 0.175 e. The highest BCUT2D eigenvalue weighted by Gasteiger charge is 2.19. The lowest BCUT2D eigenvalue weighted by atomic mass is 10.1. The molecule has 1 aliphatic rings. The van der Waals surface area contributed by atoms with Gasteiger partial charge in [-0.2, -0.15) is 0 Å². The van der Waals surface area contributed by atoms with Crippen LogP contribution in [0.15, 0.2) is 40.9 Å². The molecular formula is C21H24BrNO3S. The van der Waals surface area contributed by atoms with Crippen LogP contribution in [-0.2, 0) is 11.3 Å². The predicted molar refractivity (Wildman–Crippen MR) is 115 cm³/mol. The van der Waals surface area contributed by atoms with Crippen LogP contribution in [0.5, 0.6) is 11.5 Å². The summed E-state index contributed by atoms with van der Waals surface area (Å²) in [5.41, 5.74) is 3.30. The summed E-state index contributed by atoms with van der Waals surface area (Å²) in [5.74, 6) is 1.40. The quantitative estimate of drug-likeness (QED) is 0.594. The van der Waals surface area contributed by atoms with Crippen LogP contribution >= 0.6 is 28.1 Å². The Balaban J connectivity index is 1.80. The van der Waals surface area contributed by atoms with Gasteiger partial charge in [0.15, 0.2) is 11.5 Å². The van der Waals surface area contributed by atoms with E-state index in [0.717, 1.165) is 33.7 Å². The van der Waals surface area contributed by atoms with Gasteiger partial charge in [-0.05, 0) is 47.5 Å². The van der Waals surface area contributed by atoms with Gasteiger partial charge >= 0.3 is 0 Å². The Morgan fingerprint density at radius 3 is 2.52 bits per heavy atom. The zero-order chi connectivity index (χ0) is 19.2. The molecule has 0 bridgehead atoms. The maximum atomic E-state index is 6.08. The monoisotopic (exact) mass is 449 g/mol. The van der Waals surface area contributed by atoms with E-state index in [9.17, 15) is 0 Å². The molecule has 3 rings (SSSR count). The molecule has 27 heavy (non-hydrogen) atoms. The minimum Gasteiger partial charge on any atom is -0.490 e. The van der Waals surface area contributed by atoms with E-state index in [4.69, 9.17) is 26.4 Å². The highest BCUT2D eigenvalue weighted by molar-refractivity contribution is 9.10. The second-order valence-corrected chi connectivity index (χ2v) is 7.64. The van der Waals surface area contributed by atoms with E-state index in [1.807, 2.05) is 19.1 Å². The SMILES string of the molecule is CCOc1cc(C(=S)N2CCOCC2)cc(Br)c1OCc1ccc(C)cc1. The van der Waals surface area contributed by atoms with Crippen molar-refractivity contribution in [2.24, 2.45) is 0 Å². The lowest BCUT2D eigenvalue weighted by Gasteiger charge is -2.29. The molecule has 0 unspecified atom stereocenters. The maximum absolute atomic E-state index is 6.08. The first-order valence-electron chi connectivity index (χ1n) is 9.10. The van der Waals surface area contributed by atoms with Gasteiger partial charge in [0.25, 0.3) is 0 Å². The number of halogens is 1. The molecule has 4 nitrogen and oxygen atoms in total. The van der Waals surface area contributed by atoms with Crippen LogP contribution in [0.4, 0.5) is 0 Å². The van der Waals surface area contributed by atoms with Crippen molar-refractivity contribution in [1.29, 1.82) is 0 Å².